The minimum atomic E-state index is -4.10. The van der Waals surface area contributed by atoms with Crippen LogP contribution < -0.4 is 10.6 Å². The Hall–Kier alpha value is -0.900. The molecule has 1 amide bonds. The van der Waals surface area contributed by atoms with Crippen molar-refractivity contribution in [1.82, 2.24) is 9.03 Å². The molecule has 0 atom stereocenters. The first-order chi connectivity index (χ1) is 7.13. The summed E-state index contributed by atoms with van der Waals surface area (Å²) in [6.07, 6.45) is -1.55. The Bertz CT molecular complexity index is 334. The lowest BCUT2D eigenvalue weighted by Gasteiger charge is -2.31. The van der Waals surface area contributed by atoms with E-state index in [1.54, 1.807) is 0 Å². The van der Waals surface area contributed by atoms with Crippen LogP contribution >= 0.6 is 0 Å². The monoisotopic (exact) mass is 255 g/mol. The zero-order valence-corrected chi connectivity index (χ0v) is 10.2. The van der Waals surface area contributed by atoms with Gasteiger partial charge >= 0.3 is 16.3 Å². The number of carboxylic acid groups (broad SMARTS) is 1. The molecule has 0 fully saturated rings. The number of nitrogens with two attached hydrogens (primary N) is 1. The SMILES string of the molecule is CC(C)(C)N(C(=O)O)S(=O)(=O)NCCON. The molecule has 0 aromatic rings. The molecule has 0 heterocycles. The van der Waals surface area contributed by atoms with Gasteiger partial charge in [0.25, 0.3) is 0 Å². The van der Waals surface area contributed by atoms with Crippen LogP contribution in [0.3, 0.4) is 0 Å². The summed E-state index contributed by atoms with van der Waals surface area (Å²) in [5, 5.41) is 8.85. The van der Waals surface area contributed by atoms with E-state index in [1.807, 2.05) is 0 Å². The molecule has 0 aliphatic rings. The molecule has 0 aliphatic carbocycles. The van der Waals surface area contributed by atoms with E-state index in [4.69, 9.17) is 11.0 Å². The molecule has 0 spiro atoms. The number of rotatable bonds is 5. The van der Waals surface area contributed by atoms with E-state index in [9.17, 15) is 13.2 Å². The Balaban J connectivity index is 4.86. The lowest BCUT2D eigenvalue weighted by atomic mass is 10.1. The first-order valence-electron chi connectivity index (χ1n) is 4.47. The van der Waals surface area contributed by atoms with Crippen molar-refractivity contribution >= 4 is 16.3 Å². The van der Waals surface area contributed by atoms with Gasteiger partial charge in [-0.15, -0.1) is 0 Å². The molecule has 0 aromatic carbocycles. The molecule has 0 aromatic heterocycles. The highest BCUT2D eigenvalue weighted by Crippen LogP contribution is 2.16. The van der Waals surface area contributed by atoms with Gasteiger partial charge in [-0.05, 0) is 20.8 Å². The fourth-order valence-corrected chi connectivity index (χ4v) is 2.44. The van der Waals surface area contributed by atoms with Crippen molar-refractivity contribution in [2.75, 3.05) is 13.2 Å². The Morgan fingerprint density at radius 3 is 2.31 bits per heavy atom. The highest BCUT2D eigenvalue weighted by atomic mass is 32.2. The maximum Gasteiger partial charge on any atom is 0.422 e. The summed E-state index contributed by atoms with van der Waals surface area (Å²) < 4.78 is 25.7. The number of carbonyl (C=O) groups is 1. The summed E-state index contributed by atoms with van der Waals surface area (Å²) in [4.78, 5) is 15.0. The second-order valence-electron chi connectivity index (χ2n) is 3.99. The molecule has 0 saturated heterocycles. The normalized spacial score (nSPS) is 12.5. The highest BCUT2D eigenvalue weighted by molar-refractivity contribution is 7.87. The van der Waals surface area contributed by atoms with Crippen molar-refractivity contribution in [2.24, 2.45) is 5.90 Å². The van der Waals surface area contributed by atoms with E-state index in [0.29, 0.717) is 4.31 Å². The maximum absolute atomic E-state index is 11.6. The Morgan fingerprint density at radius 2 is 2.00 bits per heavy atom. The third kappa shape index (κ3) is 4.31. The smallest absolute Gasteiger partial charge is 0.422 e. The van der Waals surface area contributed by atoms with Crippen LogP contribution in [0.25, 0.3) is 0 Å². The predicted molar refractivity (Wildman–Crippen MR) is 56.7 cm³/mol. The minimum Gasteiger partial charge on any atom is -0.464 e. The average molecular weight is 255 g/mol. The molecule has 0 rings (SSSR count). The maximum atomic E-state index is 11.6. The Labute approximate surface area is 94.5 Å². The Kier molecular flexibility index (Phi) is 5.13. The minimum absolute atomic E-state index is 0.0448. The molecule has 8 nitrogen and oxygen atoms in total. The van der Waals surface area contributed by atoms with E-state index in [-0.39, 0.29) is 13.2 Å². The van der Waals surface area contributed by atoms with Crippen molar-refractivity contribution in [3.8, 4) is 0 Å². The predicted octanol–water partition coefficient (Wildman–Crippen LogP) is -0.510. The van der Waals surface area contributed by atoms with Crippen LogP contribution in [0.5, 0.6) is 0 Å². The summed E-state index contributed by atoms with van der Waals surface area (Å²) in [5.41, 5.74) is -1.07. The molecule has 0 radical (unpaired) electrons. The van der Waals surface area contributed by atoms with Gasteiger partial charge < -0.3 is 9.94 Å². The Morgan fingerprint density at radius 1 is 1.50 bits per heavy atom. The number of nitrogens with zero attached hydrogens (tertiary/aromatic N) is 1. The topological polar surface area (TPSA) is 122 Å². The van der Waals surface area contributed by atoms with E-state index in [0.717, 1.165) is 0 Å². The van der Waals surface area contributed by atoms with Gasteiger partial charge in [-0.25, -0.2) is 10.7 Å². The van der Waals surface area contributed by atoms with Crippen LogP contribution in [0.2, 0.25) is 0 Å². The van der Waals surface area contributed by atoms with E-state index >= 15 is 0 Å². The second-order valence-corrected chi connectivity index (χ2v) is 5.59. The van der Waals surface area contributed by atoms with E-state index in [1.165, 1.54) is 20.8 Å². The lowest BCUT2D eigenvalue weighted by Crippen LogP contribution is -2.53. The quantitative estimate of drug-likeness (QED) is 0.449. The van der Waals surface area contributed by atoms with Crippen LogP contribution in [0, 0.1) is 0 Å². The molecular formula is C7H17N3O5S. The average Bonchev–Trinajstić information content (AvgIpc) is 1.98. The fourth-order valence-electron chi connectivity index (χ4n) is 1.04. The lowest BCUT2D eigenvalue weighted by molar-refractivity contribution is 0.138. The first kappa shape index (κ1) is 15.1. The molecule has 96 valence electrons. The van der Waals surface area contributed by atoms with Crippen LogP contribution in [-0.4, -0.2) is 42.6 Å². The molecule has 0 saturated carbocycles. The summed E-state index contributed by atoms with van der Waals surface area (Å²) in [5.74, 6) is 4.71. The number of hydrogen-bond donors (Lipinski definition) is 3. The molecule has 9 heteroatoms. The first-order valence-corrected chi connectivity index (χ1v) is 5.91. The largest absolute Gasteiger partial charge is 0.464 e. The van der Waals surface area contributed by atoms with Gasteiger partial charge in [0.15, 0.2) is 0 Å². The highest BCUT2D eigenvalue weighted by Gasteiger charge is 2.36. The van der Waals surface area contributed by atoms with Gasteiger partial charge in [-0.2, -0.15) is 17.4 Å². The summed E-state index contributed by atoms with van der Waals surface area (Å²) in [6, 6.07) is 0. The van der Waals surface area contributed by atoms with Crippen LogP contribution in [0.1, 0.15) is 20.8 Å². The van der Waals surface area contributed by atoms with Crippen LogP contribution in [-0.2, 0) is 15.0 Å². The number of nitrogens with one attached hydrogen (secondary N) is 1. The van der Waals surface area contributed by atoms with Crippen LogP contribution in [0.4, 0.5) is 4.79 Å². The third-order valence-corrected chi connectivity index (χ3v) is 3.28. The van der Waals surface area contributed by atoms with E-state index in [2.05, 4.69) is 9.56 Å². The standard InChI is InChI=1S/C7H17N3O5S/c1-7(2,3)10(6(11)12)16(13,14)9-4-5-15-8/h9H,4-5,8H2,1-3H3,(H,11,12). The summed E-state index contributed by atoms with van der Waals surface area (Å²) >= 11 is 0. The number of amides is 1. The van der Waals surface area contributed by atoms with Gasteiger partial charge in [-0.3, -0.25) is 0 Å². The van der Waals surface area contributed by atoms with Gasteiger partial charge in [0, 0.05) is 6.54 Å². The third-order valence-electron chi connectivity index (χ3n) is 1.53. The summed E-state index contributed by atoms with van der Waals surface area (Å²) in [6.45, 7) is 4.27. The number of hydrogen-bond acceptors (Lipinski definition) is 5. The summed E-state index contributed by atoms with van der Waals surface area (Å²) in [7, 11) is -4.10. The van der Waals surface area contributed by atoms with Gasteiger partial charge in [0.1, 0.15) is 0 Å². The zero-order valence-electron chi connectivity index (χ0n) is 9.43. The van der Waals surface area contributed by atoms with Crippen molar-refractivity contribution < 1.29 is 23.2 Å². The van der Waals surface area contributed by atoms with Crippen molar-refractivity contribution in [3.05, 3.63) is 0 Å². The van der Waals surface area contributed by atoms with Gasteiger partial charge in [-0.1, -0.05) is 0 Å². The molecule has 0 bridgehead atoms. The molecular weight excluding hydrogens is 238 g/mol. The molecule has 16 heavy (non-hydrogen) atoms. The fraction of sp³-hybridized carbons (Fsp3) is 0.857. The molecule has 0 aliphatic heterocycles. The zero-order chi connectivity index (χ0) is 13.0. The second kappa shape index (κ2) is 5.43. The molecule has 4 N–H and O–H groups in total. The van der Waals surface area contributed by atoms with E-state index < -0.39 is 21.8 Å². The van der Waals surface area contributed by atoms with Crippen molar-refractivity contribution in [2.45, 2.75) is 26.3 Å². The van der Waals surface area contributed by atoms with Crippen molar-refractivity contribution in [3.63, 3.8) is 0 Å². The van der Waals surface area contributed by atoms with Crippen LogP contribution in [0.15, 0.2) is 0 Å². The van der Waals surface area contributed by atoms with Crippen molar-refractivity contribution in [1.29, 1.82) is 0 Å². The van der Waals surface area contributed by atoms with Gasteiger partial charge in [0.05, 0.1) is 12.1 Å². The van der Waals surface area contributed by atoms with Gasteiger partial charge in [0.2, 0.25) is 0 Å². The molecule has 0 unspecified atom stereocenters.